The number of nitrogens with two attached hydrogens (primary N) is 1. The van der Waals surface area contributed by atoms with E-state index in [9.17, 15) is 4.79 Å². The summed E-state index contributed by atoms with van der Waals surface area (Å²) in [7, 11) is 0. The lowest BCUT2D eigenvalue weighted by atomic mass is 9.87. The number of carbonyl (C=O) groups excluding carboxylic acids is 1. The van der Waals surface area contributed by atoms with E-state index in [2.05, 4.69) is 4.98 Å². The molecule has 0 saturated carbocycles. The van der Waals surface area contributed by atoms with Crippen molar-refractivity contribution in [2.45, 2.75) is 5.92 Å². The van der Waals surface area contributed by atoms with E-state index in [4.69, 9.17) is 17.3 Å². The van der Waals surface area contributed by atoms with Gasteiger partial charge in [-0.2, -0.15) is 0 Å². The number of hydrogen-bond acceptors (Lipinski definition) is 1. The first kappa shape index (κ1) is 16.4. The summed E-state index contributed by atoms with van der Waals surface area (Å²) in [5.41, 5.74) is 10.3. The molecule has 4 rings (SSSR count). The molecule has 1 heterocycles. The Labute approximate surface area is 156 Å². The number of halogens is 1. The molecule has 1 atom stereocenters. The van der Waals surface area contributed by atoms with Crippen LogP contribution in [0.3, 0.4) is 0 Å². The van der Waals surface area contributed by atoms with Crippen LogP contribution in [0.4, 0.5) is 0 Å². The number of benzene rings is 3. The third-order valence-electron chi connectivity index (χ3n) is 4.60. The Kier molecular flexibility index (Phi) is 4.23. The molecule has 128 valence electrons. The molecule has 3 aromatic carbocycles. The van der Waals surface area contributed by atoms with Gasteiger partial charge in [0, 0.05) is 21.5 Å². The maximum Gasteiger partial charge on any atom is 0.229 e. The minimum Gasteiger partial charge on any atom is -0.369 e. The van der Waals surface area contributed by atoms with Gasteiger partial charge >= 0.3 is 0 Å². The Balaban J connectivity index is 2.05. The van der Waals surface area contributed by atoms with Crippen molar-refractivity contribution >= 4 is 28.4 Å². The van der Waals surface area contributed by atoms with Gasteiger partial charge in [-0.05, 0) is 23.3 Å². The van der Waals surface area contributed by atoms with Gasteiger partial charge in [0.2, 0.25) is 5.91 Å². The fourth-order valence-corrected chi connectivity index (χ4v) is 3.70. The number of hydrogen-bond donors (Lipinski definition) is 2. The summed E-state index contributed by atoms with van der Waals surface area (Å²) in [4.78, 5) is 16.0. The predicted molar refractivity (Wildman–Crippen MR) is 106 cm³/mol. The zero-order valence-electron chi connectivity index (χ0n) is 13.9. The van der Waals surface area contributed by atoms with E-state index >= 15 is 0 Å². The highest BCUT2D eigenvalue weighted by Crippen LogP contribution is 2.40. The molecular formula is C22H17ClN2O. The van der Waals surface area contributed by atoms with E-state index in [1.165, 1.54) is 0 Å². The Morgan fingerprint density at radius 1 is 0.885 bits per heavy atom. The first-order valence-electron chi connectivity index (χ1n) is 8.36. The molecule has 0 aliphatic heterocycles. The fraction of sp³-hybridized carbons (Fsp3) is 0.0455. The van der Waals surface area contributed by atoms with Gasteiger partial charge in [0.25, 0.3) is 0 Å². The smallest absolute Gasteiger partial charge is 0.229 e. The molecular weight excluding hydrogens is 344 g/mol. The number of fused-ring (bicyclic) bond motifs is 1. The normalized spacial score (nSPS) is 12.2. The van der Waals surface area contributed by atoms with Gasteiger partial charge in [0.15, 0.2) is 0 Å². The van der Waals surface area contributed by atoms with Gasteiger partial charge in [0.1, 0.15) is 0 Å². The highest BCUT2D eigenvalue weighted by molar-refractivity contribution is 6.31. The molecule has 0 aliphatic rings. The molecule has 3 nitrogen and oxygen atoms in total. The van der Waals surface area contributed by atoms with Crippen LogP contribution >= 0.6 is 11.6 Å². The SMILES string of the molecule is NC(=O)C(c1ccccc1Cl)c1c(-c2ccccc2)[nH]c2ccccc12. The molecule has 0 bridgehead atoms. The van der Waals surface area contributed by atoms with Crippen molar-refractivity contribution in [3.05, 3.63) is 95.0 Å². The van der Waals surface area contributed by atoms with Crippen LogP contribution in [-0.4, -0.2) is 10.9 Å². The molecule has 0 aliphatic carbocycles. The van der Waals surface area contributed by atoms with Crippen LogP contribution in [0.15, 0.2) is 78.9 Å². The monoisotopic (exact) mass is 360 g/mol. The zero-order chi connectivity index (χ0) is 18.1. The molecule has 4 aromatic rings. The average molecular weight is 361 g/mol. The number of aromatic amines is 1. The Morgan fingerprint density at radius 3 is 2.27 bits per heavy atom. The lowest BCUT2D eigenvalue weighted by Gasteiger charge is -2.17. The Hall–Kier alpha value is -3.04. The third kappa shape index (κ3) is 2.76. The van der Waals surface area contributed by atoms with Crippen LogP contribution in [-0.2, 0) is 4.79 Å². The van der Waals surface area contributed by atoms with Crippen LogP contribution in [0.1, 0.15) is 17.0 Å². The topological polar surface area (TPSA) is 58.9 Å². The van der Waals surface area contributed by atoms with E-state index in [-0.39, 0.29) is 0 Å². The summed E-state index contributed by atoms with van der Waals surface area (Å²) in [5, 5.41) is 1.50. The fourth-order valence-electron chi connectivity index (χ4n) is 3.46. The van der Waals surface area contributed by atoms with Crippen LogP contribution in [0, 0.1) is 0 Å². The van der Waals surface area contributed by atoms with Crippen LogP contribution in [0.5, 0.6) is 0 Å². The molecule has 0 spiro atoms. The lowest BCUT2D eigenvalue weighted by Crippen LogP contribution is -2.23. The highest BCUT2D eigenvalue weighted by Gasteiger charge is 2.28. The molecule has 0 saturated heterocycles. The van der Waals surface area contributed by atoms with E-state index in [1.54, 1.807) is 6.07 Å². The van der Waals surface area contributed by atoms with Crippen LogP contribution < -0.4 is 5.73 Å². The Morgan fingerprint density at radius 2 is 1.54 bits per heavy atom. The van der Waals surface area contributed by atoms with Crippen molar-refractivity contribution in [3.63, 3.8) is 0 Å². The van der Waals surface area contributed by atoms with Crippen molar-refractivity contribution < 1.29 is 4.79 Å². The van der Waals surface area contributed by atoms with E-state index in [0.29, 0.717) is 10.6 Å². The highest BCUT2D eigenvalue weighted by atomic mass is 35.5. The second kappa shape index (κ2) is 6.70. The average Bonchev–Trinajstić information content (AvgIpc) is 3.03. The van der Waals surface area contributed by atoms with Gasteiger partial charge in [0.05, 0.1) is 11.6 Å². The first-order valence-corrected chi connectivity index (χ1v) is 8.74. The van der Waals surface area contributed by atoms with Crippen molar-refractivity contribution in [2.24, 2.45) is 5.73 Å². The van der Waals surface area contributed by atoms with Gasteiger partial charge in [-0.1, -0.05) is 78.3 Å². The maximum atomic E-state index is 12.5. The summed E-state index contributed by atoms with van der Waals surface area (Å²) in [5.74, 6) is -1.07. The molecule has 0 radical (unpaired) electrons. The second-order valence-corrected chi connectivity index (χ2v) is 6.59. The molecule has 0 fully saturated rings. The minimum absolute atomic E-state index is 0.431. The molecule has 4 heteroatoms. The number of primary amides is 1. The predicted octanol–water partition coefficient (Wildman–Crippen LogP) is 5.11. The van der Waals surface area contributed by atoms with Gasteiger partial charge < -0.3 is 10.7 Å². The number of para-hydroxylation sites is 1. The molecule has 26 heavy (non-hydrogen) atoms. The van der Waals surface area contributed by atoms with Crippen LogP contribution in [0.25, 0.3) is 22.2 Å². The van der Waals surface area contributed by atoms with Crippen LogP contribution in [0.2, 0.25) is 5.02 Å². The summed E-state index contributed by atoms with van der Waals surface area (Å²) >= 11 is 6.41. The standard InChI is InChI=1S/C22H17ClN2O/c23-17-12-6-4-10-15(17)20(22(24)26)19-16-11-5-7-13-18(16)25-21(19)14-8-2-1-3-9-14/h1-13,20,25H,(H2,24,26). The van der Waals surface area contributed by atoms with E-state index < -0.39 is 11.8 Å². The third-order valence-corrected chi connectivity index (χ3v) is 4.94. The number of carbonyl (C=O) groups is 1. The largest absolute Gasteiger partial charge is 0.369 e. The summed E-state index contributed by atoms with van der Waals surface area (Å²) in [6.07, 6.45) is 0. The van der Waals surface area contributed by atoms with Gasteiger partial charge in [-0.3, -0.25) is 4.79 Å². The molecule has 1 aromatic heterocycles. The molecule has 1 amide bonds. The van der Waals surface area contributed by atoms with Crippen molar-refractivity contribution in [1.29, 1.82) is 0 Å². The minimum atomic E-state index is -0.643. The summed E-state index contributed by atoms with van der Waals surface area (Å²) in [6, 6.07) is 25.2. The summed E-state index contributed by atoms with van der Waals surface area (Å²) < 4.78 is 0. The first-order chi connectivity index (χ1) is 12.7. The molecule has 1 unspecified atom stereocenters. The van der Waals surface area contributed by atoms with Crippen molar-refractivity contribution in [3.8, 4) is 11.3 Å². The summed E-state index contributed by atoms with van der Waals surface area (Å²) in [6.45, 7) is 0. The quantitative estimate of drug-likeness (QED) is 0.522. The zero-order valence-corrected chi connectivity index (χ0v) is 14.7. The number of amides is 1. The number of aromatic nitrogens is 1. The van der Waals surface area contributed by atoms with Gasteiger partial charge in [-0.25, -0.2) is 0 Å². The van der Waals surface area contributed by atoms with E-state index in [0.717, 1.165) is 27.7 Å². The maximum absolute atomic E-state index is 12.5. The molecule has 3 N–H and O–H groups in total. The Bertz CT molecular complexity index is 1090. The second-order valence-electron chi connectivity index (χ2n) is 6.18. The van der Waals surface area contributed by atoms with Crippen molar-refractivity contribution in [1.82, 2.24) is 4.98 Å². The number of rotatable bonds is 4. The van der Waals surface area contributed by atoms with Crippen molar-refractivity contribution in [2.75, 3.05) is 0 Å². The van der Waals surface area contributed by atoms with Gasteiger partial charge in [-0.15, -0.1) is 0 Å². The van der Waals surface area contributed by atoms with E-state index in [1.807, 2.05) is 72.8 Å². The number of H-pyrrole nitrogens is 1. The lowest BCUT2D eigenvalue weighted by molar-refractivity contribution is -0.118. The number of nitrogens with one attached hydrogen (secondary N) is 1.